The molecule has 0 N–H and O–H groups in total. The summed E-state index contributed by atoms with van der Waals surface area (Å²) < 4.78 is 5.65. The lowest BCUT2D eigenvalue weighted by molar-refractivity contribution is -0.146. The van der Waals surface area contributed by atoms with Gasteiger partial charge in [-0.3, -0.25) is 0 Å². The Morgan fingerprint density at radius 2 is 2.26 bits per heavy atom. The summed E-state index contributed by atoms with van der Waals surface area (Å²) >= 11 is 0. The number of aryl methyl sites for hydroxylation is 1. The van der Waals surface area contributed by atoms with Crippen molar-refractivity contribution in [1.29, 1.82) is 0 Å². The number of hydrogen-bond acceptors (Lipinski definition) is 7. The molecule has 0 fully saturated rings. The highest BCUT2D eigenvalue weighted by molar-refractivity contribution is 5.69. The number of carbonyl (C=O) groups excluding carboxylic acids is 1. The number of ether oxygens (including phenoxy) is 1. The summed E-state index contributed by atoms with van der Waals surface area (Å²) in [7, 11) is 0. The molecule has 3 rings (SSSR count). The molecule has 23 heavy (non-hydrogen) atoms. The molecule has 2 heterocycles. The third-order valence-corrected chi connectivity index (χ3v) is 3.63. The van der Waals surface area contributed by atoms with E-state index in [9.17, 15) is 4.79 Å². The average molecular weight is 317 g/mol. The van der Waals surface area contributed by atoms with Crippen LogP contribution in [0.25, 0.3) is 0 Å². The Kier molecular flexibility index (Phi) is 4.70. The van der Waals surface area contributed by atoms with Crippen LogP contribution in [0.5, 0.6) is 5.75 Å². The highest BCUT2D eigenvalue weighted by Crippen LogP contribution is 2.30. The minimum Gasteiger partial charge on any atom is -0.490 e. The average Bonchev–Trinajstić information content (AvgIpc) is 3.02. The number of nitrogens with zero attached hydrogens (tertiary/aromatic N) is 5. The number of para-hydroxylation sites is 2. The number of benzene rings is 1. The monoisotopic (exact) mass is 317 g/mol. The zero-order valence-electron chi connectivity index (χ0n) is 13.0. The predicted octanol–water partition coefficient (Wildman–Crippen LogP) is 0.870. The Labute approximate surface area is 133 Å². The number of rotatable bonds is 6. The van der Waals surface area contributed by atoms with Crippen LogP contribution in [0.4, 0.5) is 5.69 Å². The molecule has 0 radical (unpaired) electrons. The third kappa shape index (κ3) is 3.58. The van der Waals surface area contributed by atoms with Gasteiger partial charge in [0.15, 0.2) is 5.82 Å². The van der Waals surface area contributed by atoms with E-state index in [1.54, 1.807) is 6.92 Å². The van der Waals surface area contributed by atoms with Crippen molar-refractivity contribution in [3.63, 3.8) is 0 Å². The second-order valence-corrected chi connectivity index (χ2v) is 5.19. The van der Waals surface area contributed by atoms with Crippen molar-refractivity contribution in [2.24, 2.45) is 0 Å². The van der Waals surface area contributed by atoms with E-state index in [0.717, 1.165) is 35.8 Å². The molecule has 8 heteroatoms. The number of carbonyl (C=O) groups is 1. The van der Waals surface area contributed by atoms with Crippen LogP contribution >= 0.6 is 0 Å². The maximum atomic E-state index is 11.3. The number of aromatic nitrogens is 4. The molecular weight excluding hydrogens is 298 g/mol. The fraction of sp³-hybridized carbons (Fsp3) is 0.467. The molecule has 1 aliphatic heterocycles. The van der Waals surface area contributed by atoms with Gasteiger partial charge in [-0.2, -0.15) is 0 Å². The Morgan fingerprint density at radius 3 is 3.13 bits per heavy atom. The summed E-state index contributed by atoms with van der Waals surface area (Å²) in [6, 6.07) is 8.01. The third-order valence-electron chi connectivity index (χ3n) is 3.63. The van der Waals surface area contributed by atoms with Crippen LogP contribution in [0.15, 0.2) is 24.3 Å². The first kappa shape index (κ1) is 15.3. The van der Waals surface area contributed by atoms with E-state index in [1.807, 2.05) is 18.2 Å². The highest BCUT2D eigenvalue weighted by Gasteiger charge is 2.17. The Hall–Kier alpha value is -2.64. The van der Waals surface area contributed by atoms with Gasteiger partial charge in [0.25, 0.3) is 0 Å². The minimum absolute atomic E-state index is 0.282. The summed E-state index contributed by atoms with van der Waals surface area (Å²) in [4.78, 5) is 19.8. The molecule has 0 atom stereocenters. The number of hydrogen-bond donors (Lipinski definition) is 0. The molecule has 122 valence electrons. The van der Waals surface area contributed by atoms with Gasteiger partial charge in [-0.1, -0.05) is 23.9 Å². The first-order chi connectivity index (χ1) is 11.3. The molecular formula is C15H19N5O3. The van der Waals surface area contributed by atoms with Gasteiger partial charge in [-0.25, -0.2) is 4.79 Å². The summed E-state index contributed by atoms with van der Waals surface area (Å²) in [5.74, 6) is 1.11. The smallest absolute Gasteiger partial charge is 0.334 e. The molecule has 0 aliphatic carbocycles. The maximum absolute atomic E-state index is 11.3. The van der Waals surface area contributed by atoms with Gasteiger partial charge in [0.05, 0.1) is 12.2 Å². The summed E-state index contributed by atoms with van der Waals surface area (Å²) in [6.45, 7) is 4.12. The van der Waals surface area contributed by atoms with Crippen LogP contribution in [-0.2, 0) is 11.2 Å². The van der Waals surface area contributed by atoms with Crippen molar-refractivity contribution in [1.82, 2.24) is 20.4 Å². The van der Waals surface area contributed by atoms with E-state index < -0.39 is 0 Å². The fourth-order valence-corrected chi connectivity index (χ4v) is 2.46. The van der Waals surface area contributed by atoms with Gasteiger partial charge in [0.2, 0.25) is 0 Å². The number of fused-ring (bicyclic) bond motifs is 1. The Balaban J connectivity index is 1.57. The van der Waals surface area contributed by atoms with Crippen molar-refractivity contribution in [3.05, 3.63) is 30.1 Å². The molecule has 0 saturated heterocycles. The second kappa shape index (κ2) is 7.08. The second-order valence-electron chi connectivity index (χ2n) is 5.19. The fourth-order valence-electron chi connectivity index (χ4n) is 2.46. The van der Waals surface area contributed by atoms with Crippen LogP contribution in [0.2, 0.25) is 0 Å². The van der Waals surface area contributed by atoms with Crippen molar-refractivity contribution < 1.29 is 14.4 Å². The Morgan fingerprint density at radius 1 is 1.39 bits per heavy atom. The summed E-state index contributed by atoms with van der Waals surface area (Å²) in [5.41, 5.74) is 1.11. The predicted molar refractivity (Wildman–Crippen MR) is 82.2 cm³/mol. The molecule has 1 aromatic carbocycles. The Bertz CT molecular complexity index is 673. The molecule has 0 saturated carbocycles. The van der Waals surface area contributed by atoms with Gasteiger partial charge in [-0.15, -0.1) is 5.10 Å². The van der Waals surface area contributed by atoms with Gasteiger partial charge in [0, 0.05) is 19.4 Å². The molecule has 0 bridgehead atoms. The molecule has 1 aromatic heterocycles. The quantitative estimate of drug-likeness (QED) is 0.731. The van der Waals surface area contributed by atoms with E-state index in [1.165, 1.54) is 0 Å². The summed E-state index contributed by atoms with van der Waals surface area (Å²) in [6.07, 6.45) is 1.76. The first-order valence-electron chi connectivity index (χ1n) is 7.73. The lowest BCUT2D eigenvalue weighted by Crippen LogP contribution is -2.33. The maximum Gasteiger partial charge on any atom is 0.334 e. The van der Waals surface area contributed by atoms with Crippen LogP contribution in [-0.4, -0.2) is 46.0 Å². The number of anilines is 1. The largest absolute Gasteiger partial charge is 0.490 e. The van der Waals surface area contributed by atoms with Crippen LogP contribution in [0.3, 0.4) is 0 Å². The van der Waals surface area contributed by atoms with Gasteiger partial charge in [-0.05, 0) is 29.0 Å². The summed E-state index contributed by atoms with van der Waals surface area (Å²) in [5, 5.41) is 11.2. The normalized spacial score (nSPS) is 13.3. The molecule has 8 nitrogen and oxygen atoms in total. The van der Waals surface area contributed by atoms with Crippen molar-refractivity contribution in [2.75, 3.05) is 24.6 Å². The zero-order chi connectivity index (χ0) is 16.1. The molecule has 0 unspecified atom stereocenters. The topological polar surface area (TPSA) is 82.4 Å². The van der Waals surface area contributed by atoms with E-state index in [-0.39, 0.29) is 12.4 Å². The first-order valence-corrected chi connectivity index (χ1v) is 7.73. The molecule has 0 amide bonds. The van der Waals surface area contributed by atoms with Crippen molar-refractivity contribution in [3.8, 4) is 5.75 Å². The van der Waals surface area contributed by atoms with Crippen molar-refractivity contribution in [2.45, 2.75) is 26.2 Å². The number of tetrazole rings is 1. The molecule has 0 spiro atoms. The van der Waals surface area contributed by atoms with Crippen LogP contribution in [0, 0.1) is 0 Å². The lowest BCUT2D eigenvalue weighted by Gasteiger charge is -2.31. The van der Waals surface area contributed by atoms with E-state index in [4.69, 9.17) is 9.57 Å². The van der Waals surface area contributed by atoms with E-state index in [2.05, 4.69) is 26.5 Å². The van der Waals surface area contributed by atoms with E-state index in [0.29, 0.717) is 18.9 Å². The SMILES string of the molecule is CCC(=O)On1nnnc1CCCN1CCOc2ccccc21. The van der Waals surface area contributed by atoms with E-state index >= 15 is 0 Å². The van der Waals surface area contributed by atoms with Gasteiger partial charge >= 0.3 is 5.97 Å². The highest BCUT2D eigenvalue weighted by atomic mass is 16.7. The zero-order valence-corrected chi connectivity index (χ0v) is 13.0. The molecule has 1 aliphatic rings. The minimum atomic E-state index is -0.361. The van der Waals surface area contributed by atoms with Crippen LogP contribution < -0.4 is 14.5 Å². The lowest BCUT2D eigenvalue weighted by atomic mass is 10.2. The van der Waals surface area contributed by atoms with Gasteiger partial charge < -0.3 is 14.5 Å². The molecule has 2 aromatic rings. The standard InChI is InChI=1S/C15H19N5O3/c1-2-15(21)23-20-14(16-17-18-20)8-5-9-19-10-11-22-13-7-4-3-6-12(13)19/h3-4,6-7H,2,5,8-11H2,1H3. The van der Waals surface area contributed by atoms with Crippen molar-refractivity contribution >= 4 is 11.7 Å². The van der Waals surface area contributed by atoms with Crippen LogP contribution in [0.1, 0.15) is 25.6 Å². The van der Waals surface area contributed by atoms with Gasteiger partial charge in [0.1, 0.15) is 12.4 Å².